The lowest BCUT2D eigenvalue weighted by Crippen LogP contribution is -2.33. The third-order valence-electron chi connectivity index (χ3n) is 6.57. The number of hydrogen-bond donors (Lipinski definition) is 4. The van der Waals surface area contributed by atoms with Crippen LogP contribution in [0.25, 0.3) is 11.2 Å². The van der Waals surface area contributed by atoms with Gasteiger partial charge in [0.2, 0.25) is 0 Å². The average molecular weight is 375 g/mol. The van der Waals surface area contributed by atoms with Crippen molar-refractivity contribution in [2.45, 2.75) is 55.6 Å². The van der Waals surface area contributed by atoms with Crippen molar-refractivity contribution in [2.75, 3.05) is 11.9 Å². The second-order valence-electron chi connectivity index (χ2n) is 7.99. The first-order valence-corrected chi connectivity index (χ1v) is 9.37. The predicted octanol–water partition coefficient (Wildman–Crippen LogP) is -0.974. The summed E-state index contributed by atoms with van der Waals surface area (Å²) in [6.07, 6.45) is 2.07. The largest absolute Gasteiger partial charge is 0.394 e. The molecular formula is C17H21N5O5. The third-order valence-corrected chi connectivity index (χ3v) is 6.57. The zero-order valence-corrected chi connectivity index (χ0v) is 14.4. The molecule has 0 aromatic carbocycles. The summed E-state index contributed by atoms with van der Waals surface area (Å²) in [6.45, 7) is -0.377. The molecule has 10 heteroatoms. The van der Waals surface area contributed by atoms with Crippen LogP contribution in [0.2, 0.25) is 0 Å². The standard InChI is InChI=1S/C17H21N5O5/c23-3-9-11(24)12(25)17(26-9)22-5-20-10-15(18-4-19-16(10)22)21-8-2-6-1-7(8)14-13(6)27-14/h4-9,11-14,17,23-25H,1-3H2,(H,18,19,21)/t6?,7?,8?,9-,11-,12-,13?,14?,17-/m1/s1. The summed E-state index contributed by atoms with van der Waals surface area (Å²) in [7, 11) is 0. The molecule has 2 aliphatic heterocycles. The number of nitrogens with zero attached hydrogens (tertiary/aromatic N) is 4. The molecule has 10 nitrogen and oxygen atoms in total. The quantitative estimate of drug-likeness (QED) is 0.497. The summed E-state index contributed by atoms with van der Waals surface area (Å²) >= 11 is 0. The fourth-order valence-corrected chi connectivity index (χ4v) is 5.20. The maximum atomic E-state index is 10.3. The molecule has 5 unspecified atom stereocenters. The molecule has 4 heterocycles. The number of aliphatic hydroxyl groups is 3. The van der Waals surface area contributed by atoms with Gasteiger partial charge in [-0.25, -0.2) is 15.0 Å². The minimum atomic E-state index is -1.18. The van der Waals surface area contributed by atoms with E-state index < -0.39 is 24.5 Å². The molecule has 2 aliphatic carbocycles. The zero-order valence-electron chi connectivity index (χ0n) is 14.4. The number of hydrogen-bond acceptors (Lipinski definition) is 9. The van der Waals surface area contributed by atoms with E-state index in [0.29, 0.717) is 47.1 Å². The lowest BCUT2D eigenvalue weighted by Gasteiger charge is -2.21. The lowest BCUT2D eigenvalue weighted by atomic mass is 9.95. The Morgan fingerprint density at radius 3 is 2.74 bits per heavy atom. The molecule has 0 radical (unpaired) electrons. The van der Waals surface area contributed by atoms with Gasteiger partial charge in [0.25, 0.3) is 0 Å². The molecule has 9 atom stereocenters. The number of nitrogens with one attached hydrogen (secondary N) is 1. The van der Waals surface area contributed by atoms with Crippen molar-refractivity contribution in [3.63, 3.8) is 0 Å². The van der Waals surface area contributed by atoms with E-state index in [1.807, 2.05) is 0 Å². The molecule has 4 N–H and O–H groups in total. The Hall–Kier alpha value is -1.85. The van der Waals surface area contributed by atoms with Crippen LogP contribution in [-0.2, 0) is 9.47 Å². The van der Waals surface area contributed by atoms with Gasteiger partial charge in [0.15, 0.2) is 23.2 Å². The second-order valence-corrected chi connectivity index (χ2v) is 7.99. The molecule has 0 amide bonds. The molecule has 2 saturated heterocycles. The van der Waals surface area contributed by atoms with Gasteiger partial charge in [0.1, 0.15) is 24.6 Å². The van der Waals surface area contributed by atoms with Crippen molar-refractivity contribution in [1.29, 1.82) is 0 Å². The molecule has 4 fully saturated rings. The van der Waals surface area contributed by atoms with E-state index in [-0.39, 0.29) is 6.61 Å². The van der Waals surface area contributed by atoms with E-state index in [4.69, 9.17) is 9.47 Å². The minimum Gasteiger partial charge on any atom is -0.394 e. The molecule has 6 rings (SSSR count). The molecular weight excluding hydrogens is 354 g/mol. The highest BCUT2D eigenvalue weighted by Crippen LogP contribution is 2.56. The predicted molar refractivity (Wildman–Crippen MR) is 90.6 cm³/mol. The van der Waals surface area contributed by atoms with Gasteiger partial charge in [-0.2, -0.15) is 0 Å². The van der Waals surface area contributed by atoms with E-state index in [9.17, 15) is 15.3 Å². The van der Waals surface area contributed by atoms with Gasteiger partial charge in [-0.1, -0.05) is 0 Å². The van der Waals surface area contributed by atoms with Crippen molar-refractivity contribution < 1.29 is 24.8 Å². The first kappa shape index (κ1) is 16.1. The van der Waals surface area contributed by atoms with Gasteiger partial charge in [-0.15, -0.1) is 0 Å². The molecule has 27 heavy (non-hydrogen) atoms. The maximum Gasteiger partial charge on any atom is 0.167 e. The molecule has 0 spiro atoms. The van der Waals surface area contributed by atoms with Gasteiger partial charge < -0.3 is 30.1 Å². The lowest BCUT2D eigenvalue weighted by molar-refractivity contribution is -0.0511. The van der Waals surface area contributed by atoms with Crippen LogP contribution in [0.15, 0.2) is 12.7 Å². The SMILES string of the molecule is OC[C@H]1O[C@@H](n2cnc3c(NC4CC5CC4C4OC54)ncnc32)[C@H](O)[C@@H]1O. The van der Waals surface area contributed by atoms with Crippen LogP contribution >= 0.6 is 0 Å². The summed E-state index contributed by atoms with van der Waals surface area (Å²) in [5, 5.41) is 33.1. The first-order valence-electron chi connectivity index (χ1n) is 9.37. The molecule has 4 aliphatic rings. The minimum absolute atomic E-state index is 0.316. The van der Waals surface area contributed by atoms with Crippen molar-refractivity contribution in [3.05, 3.63) is 12.7 Å². The van der Waals surface area contributed by atoms with Crippen LogP contribution in [0.3, 0.4) is 0 Å². The smallest absolute Gasteiger partial charge is 0.167 e. The van der Waals surface area contributed by atoms with Crippen molar-refractivity contribution in [2.24, 2.45) is 11.8 Å². The van der Waals surface area contributed by atoms with E-state index >= 15 is 0 Å². The highest BCUT2D eigenvalue weighted by atomic mass is 16.6. The number of aromatic nitrogens is 4. The van der Waals surface area contributed by atoms with Crippen LogP contribution in [-0.4, -0.2) is 78.0 Å². The number of ether oxygens (including phenoxy) is 2. The van der Waals surface area contributed by atoms with E-state index in [1.165, 1.54) is 19.1 Å². The molecule has 144 valence electrons. The Labute approximate surface area is 154 Å². The third kappa shape index (κ3) is 2.21. The molecule has 2 saturated carbocycles. The highest BCUT2D eigenvalue weighted by molar-refractivity contribution is 5.83. The summed E-state index contributed by atoms with van der Waals surface area (Å²) in [5.74, 6) is 1.82. The Balaban J connectivity index is 1.30. The van der Waals surface area contributed by atoms with Crippen molar-refractivity contribution in [1.82, 2.24) is 19.5 Å². The Bertz CT molecular complexity index is 892. The normalized spacial score (nSPS) is 44.8. The van der Waals surface area contributed by atoms with Crippen LogP contribution in [0, 0.1) is 11.8 Å². The number of rotatable bonds is 4. The Morgan fingerprint density at radius 1 is 1.11 bits per heavy atom. The number of anilines is 1. The molecule has 2 aromatic rings. The van der Waals surface area contributed by atoms with Crippen molar-refractivity contribution >= 4 is 17.0 Å². The summed E-state index contributed by atoms with van der Waals surface area (Å²) in [5.41, 5.74) is 1.09. The number of fused-ring (bicyclic) bond motifs is 6. The fourth-order valence-electron chi connectivity index (χ4n) is 5.20. The number of imidazole rings is 1. The van der Waals surface area contributed by atoms with E-state index in [2.05, 4.69) is 20.3 Å². The van der Waals surface area contributed by atoms with Gasteiger partial charge in [-0.05, 0) is 18.8 Å². The number of epoxide rings is 1. The van der Waals surface area contributed by atoms with Crippen LogP contribution in [0.1, 0.15) is 19.1 Å². The van der Waals surface area contributed by atoms with E-state index in [1.54, 1.807) is 4.57 Å². The fraction of sp³-hybridized carbons (Fsp3) is 0.706. The van der Waals surface area contributed by atoms with Crippen LogP contribution in [0.4, 0.5) is 5.82 Å². The topological polar surface area (TPSA) is 138 Å². The van der Waals surface area contributed by atoms with Crippen LogP contribution in [0.5, 0.6) is 0 Å². The average Bonchev–Trinajstić information content (AvgIpc) is 2.95. The molecule has 2 aromatic heterocycles. The monoisotopic (exact) mass is 375 g/mol. The van der Waals surface area contributed by atoms with Gasteiger partial charge >= 0.3 is 0 Å². The van der Waals surface area contributed by atoms with Gasteiger partial charge in [0, 0.05) is 12.0 Å². The maximum absolute atomic E-state index is 10.3. The highest BCUT2D eigenvalue weighted by Gasteiger charge is 2.63. The van der Waals surface area contributed by atoms with Crippen LogP contribution < -0.4 is 5.32 Å². The summed E-state index contributed by atoms with van der Waals surface area (Å²) in [4.78, 5) is 13.1. The Kier molecular flexibility index (Phi) is 3.34. The van der Waals surface area contributed by atoms with Gasteiger partial charge in [0.05, 0.1) is 25.1 Å². The number of aliphatic hydroxyl groups excluding tert-OH is 3. The zero-order chi connectivity index (χ0) is 18.3. The van der Waals surface area contributed by atoms with Gasteiger partial charge in [-0.3, -0.25) is 4.57 Å². The summed E-state index contributed by atoms with van der Waals surface area (Å²) in [6, 6.07) is 0.316. The van der Waals surface area contributed by atoms with Crippen molar-refractivity contribution in [3.8, 4) is 0 Å². The first-order chi connectivity index (χ1) is 13.2. The second kappa shape index (κ2) is 5.58. The molecule has 2 bridgehead atoms. The van der Waals surface area contributed by atoms with E-state index in [0.717, 1.165) is 6.42 Å². The Morgan fingerprint density at radius 2 is 2.00 bits per heavy atom. The summed E-state index contributed by atoms with van der Waals surface area (Å²) < 4.78 is 12.9.